The fourth-order valence-electron chi connectivity index (χ4n) is 7.69. The van der Waals surface area contributed by atoms with Crippen molar-refractivity contribution in [2.24, 2.45) is 5.73 Å². The summed E-state index contributed by atoms with van der Waals surface area (Å²) in [6, 6.07) is 24.5. The van der Waals surface area contributed by atoms with Gasteiger partial charge in [-0.15, -0.1) is 0 Å². The molecule has 59 heavy (non-hydrogen) atoms. The van der Waals surface area contributed by atoms with E-state index in [9.17, 15) is 19.2 Å². The van der Waals surface area contributed by atoms with Crippen LogP contribution < -0.4 is 16.0 Å². The lowest BCUT2D eigenvalue weighted by atomic mass is 9.92. The summed E-state index contributed by atoms with van der Waals surface area (Å²) in [6.45, 7) is 11.1. The van der Waals surface area contributed by atoms with Crippen LogP contribution in [0.5, 0.6) is 0 Å². The largest absolute Gasteiger partial charge is 0.444 e. The number of pyridine rings is 1. The number of hydrogen-bond donors (Lipinski definition) is 2. The zero-order chi connectivity index (χ0) is 41.9. The lowest BCUT2D eigenvalue weighted by Gasteiger charge is -2.36. The molecule has 0 unspecified atom stereocenters. The Bertz CT molecular complexity index is 2080. The monoisotopic (exact) mass is 801 g/mol. The van der Waals surface area contributed by atoms with Gasteiger partial charge in [0.2, 0.25) is 5.91 Å². The zero-order valence-corrected chi connectivity index (χ0v) is 35.0. The van der Waals surface area contributed by atoms with Gasteiger partial charge in [0, 0.05) is 93.5 Å². The first kappa shape index (κ1) is 42.8. The smallest absolute Gasteiger partial charge is 0.410 e. The Morgan fingerprint density at radius 1 is 0.763 bits per heavy atom. The summed E-state index contributed by atoms with van der Waals surface area (Å²) in [5.74, 6) is -1.13. The van der Waals surface area contributed by atoms with Crippen LogP contribution in [-0.2, 0) is 17.6 Å². The van der Waals surface area contributed by atoms with Gasteiger partial charge in [-0.2, -0.15) is 0 Å². The lowest BCUT2D eigenvalue weighted by molar-refractivity contribution is 0.0141. The third-order valence-electron chi connectivity index (χ3n) is 11.0. The van der Waals surface area contributed by atoms with Crippen LogP contribution in [0.1, 0.15) is 95.1 Å². The molecule has 0 spiro atoms. The molecule has 1 aromatic heterocycles. The number of carbonyl (C=O) groups is 4. The number of piperazine rings is 1. The molecule has 2 aliphatic heterocycles. The van der Waals surface area contributed by atoms with E-state index in [2.05, 4.69) is 44.4 Å². The number of nitrogens with zero attached hydrogens (tertiary/aromatic N) is 5. The lowest BCUT2D eigenvalue weighted by Crippen LogP contribution is -2.51. The first-order chi connectivity index (χ1) is 28.3. The molecule has 3 aromatic carbocycles. The van der Waals surface area contributed by atoms with Gasteiger partial charge in [-0.1, -0.05) is 30.3 Å². The Kier molecular flexibility index (Phi) is 14.4. The number of primary amides is 1. The highest BCUT2D eigenvalue weighted by Crippen LogP contribution is 2.33. The molecular weight excluding hydrogens is 743 g/mol. The molecule has 3 aliphatic rings. The van der Waals surface area contributed by atoms with Gasteiger partial charge in [-0.05, 0) is 125 Å². The first-order valence-corrected chi connectivity index (χ1v) is 20.9. The number of aryl methyl sites for hydroxylation is 2. The van der Waals surface area contributed by atoms with E-state index in [1.807, 2.05) is 39.0 Å². The minimum absolute atomic E-state index is 0.193. The molecule has 4 amide bonds. The average Bonchev–Trinajstić information content (AvgIpc) is 3.25. The summed E-state index contributed by atoms with van der Waals surface area (Å²) < 4.78 is 5.48. The Morgan fingerprint density at radius 3 is 2.10 bits per heavy atom. The molecule has 7 rings (SSSR count). The molecule has 312 valence electrons. The number of nitrogens with one attached hydrogen (secondary N) is 1. The van der Waals surface area contributed by atoms with E-state index in [0.29, 0.717) is 72.9 Å². The molecule has 2 fully saturated rings. The van der Waals surface area contributed by atoms with Crippen molar-refractivity contribution in [3.63, 3.8) is 0 Å². The van der Waals surface area contributed by atoms with E-state index >= 15 is 0 Å². The van der Waals surface area contributed by atoms with Crippen molar-refractivity contribution < 1.29 is 23.9 Å². The van der Waals surface area contributed by atoms with Crippen molar-refractivity contribution in [1.29, 1.82) is 0 Å². The van der Waals surface area contributed by atoms with Crippen LogP contribution in [0.4, 0.5) is 16.2 Å². The summed E-state index contributed by atoms with van der Waals surface area (Å²) in [5.41, 5.74) is 12.0. The second-order valence-electron chi connectivity index (χ2n) is 16.6. The van der Waals surface area contributed by atoms with Crippen molar-refractivity contribution in [3.8, 4) is 11.3 Å². The molecule has 0 bridgehead atoms. The number of carbonyl (C=O) groups excluding carboxylic acids is 4. The standard InChI is InChI=1S/C37H47N7O5.C10H12/c1-37(2,3)49-36(48)44-21-19-42(20-22-44)18-17-41(4)35(47)28-10-8-9-27(23-28)34(46)40-31-12-11-29(43-15-6-5-7-16-43)25-30(31)32-24-26(33(38)45)13-14-39-32;1-2-6-10-8-4-3-7-9(10)5-1/h8-14,23-25H,5-7,15-22H2,1-4H3,(H2,38,45)(H,40,46);1-2,5-6H,3-4,7-8H2. The van der Waals surface area contributed by atoms with Crippen molar-refractivity contribution in [2.45, 2.75) is 71.3 Å². The topological polar surface area (TPSA) is 141 Å². The minimum atomic E-state index is -0.561. The number of anilines is 2. The number of ether oxygens (including phenoxy) is 1. The fraction of sp³-hybridized carbons (Fsp3) is 0.426. The van der Waals surface area contributed by atoms with Gasteiger partial charge in [0.1, 0.15) is 5.60 Å². The maximum Gasteiger partial charge on any atom is 0.410 e. The summed E-state index contributed by atoms with van der Waals surface area (Å²) in [7, 11) is 1.75. The Hall–Kier alpha value is -5.75. The summed E-state index contributed by atoms with van der Waals surface area (Å²) in [5, 5.41) is 3.01. The van der Waals surface area contributed by atoms with Crippen LogP contribution >= 0.6 is 0 Å². The highest BCUT2D eigenvalue weighted by atomic mass is 16.6. The molecule has 4 aromatic rings. The molecule has 1 aliphatic carbocycles. The van der Waals surface area contributed by atoms with Crippen LogP contribution in [0.3, 0.4) is 0 Å². The summed E-state index contributed by atoms with van der Waals surface area (Å²) in [4.78, 5) is 63.7. The van der Waals surface area contributed by atoms with E-state index in [4.69, 9.17) is 10.5 Å². The Balaban J connectivity index is 0.000000505. The molecule has 0 saturated carbocycles. The van der Waals surface area contributed by atoms with E-state index in [0.717, 1.165) is 31.6 Å². The van der Waals surface area contributed by atoms with Crippen LogP contribution in [0, 0.1) is 0 Å². The number of rotatable bonds is 9. The molecule has 12 heteroatoms. The van der Waals surface area contributed by atoms with Crippen molar-refractivity contribution >= 4 is 35.2 Å². The summed E-state index contributed by atoms with van der Waals surface area (Å²) in [6.07, 6.45) is 10.0. The number of fused-ring (bicyclic) bond motifs is 1. The molecule has 2 saturated heterocycles. The number of nitrogens with two attached hydrogens (primary N) is 1. The normalized spacial score (nSPS) is 15.6. The highest BCUT2D eigenvalue weighted by molar-refractivity contribution is 6.08. The number of likely N-dealkylation sites (N-methyl/N-ethyl adjacent to an activating group) is 1. The summed E-state index contributed by atoms with van der Waals surface area (Å²) >= 11 is 0. The quantitative estimate of drug-likeness (QED) is 0.180. The van der Waals surface area contributed by atoms with E-state index < -0.39 is 11.5 Å². The fourth-order valence-corrected chi connectivity index (χ4v) is 7.69. The van der Waals surface area contributed by atoms with Gasteiger partial charge < -0.3 is 30.5 Å². The third-order valence-corrected chi connectivity index (χ3v) is 11.0. The van der Waals surface area contributed by atoms with Gasteiger partial charge in [0.05, 0.1) is 11.4 Å². The van der Waals surface area contributed by atoms with E-state index in [-0.39, 0.29) is 17.9 Å². The van der Waals surface area contributed by atoms with Crippen LogP contribution in [0.2, 0.25) is 0 Å². The van der Waals surface area contributed by atoms with E-state index in [1.54, 1.807) is 64.4 Å². The average molecular weight is 802 g/mol. The van der Waals surface area contributed by atoms with Crippen LogP contribution in [0.25, 0.3) is 11.3 Å². The van der Waals surface area contributed by atoms with E-state index in [1.165, 1.54) is 38.3 Å². The maximum absolute atomic E-state index is 13.6. The first-order valence-electron chi connectivity index (χ1n) is 20.9. The van der Waals surface area contributed by atoms with Gasteiger partial charge in [0.25, 0.3) is 11.8 Å². The Labute approximate surface area is 348 Å². The molecular formula is C47H59N7O5. The molecule has 3 N–H and O–H groups in total. The predicted molar refractivity (Wildman–Crippen MR) is 233 cm³/mol. The Morgan fingerprint density at radius 2 is 1.44 bits per heavy atom. The second kappa shape index (κ2) is 19.8. The SMILES string of the molecule is CN(CCN1CCN(C(=O)OC(C)(C)C)CC1)C(=O)c1cccc(C(=O)Nc2ccc(N3CCCCC3)cc2-c2cc(C(N)=O)ccn2)c1.c1ccc2c(c1)CCCC2. The minimum Gasteiger partial charge on any atom is -0.444 e. The van der Waals surface area contributed by atoms with Gasteiger partial charge in [-0.3, -0.25) is 24.3 Å². The van der Waals surface area contributed by atoms with Crippen molar-refractivity contribution in [1.82, 2.24) is 19.7 Å². The second-order valence-corrected chi connectivity index (χ2v) is 16.6. The van der Waals surface area contributed by atoms with Crippen molar-refractivity contribution in [3.05, 3.63) is 113 Å². The molecule has 0 radical (unpaired) electrons. The molecule has 12 nitrogen and oxygen atoms in total. The van der Waals surface area contributed by atoms with Gasteiger partial charge in [0.15, 0.2) is 0 Å². The van der Waals surface area contributed by atoms with Crippen LogP contribution in [-0.4, -0.2) is 109 Å². The number of amides is 4. The highest BCUT2D eigenvalue weighted by Gasteiger charge is 2.26. The zero-order valence-electron chi connectivity index (χ0n) is 35.0. The number of aromatic nitrogens is 1. The predicted octanol–water partition coefficient (Wildman–Crippen LogP) is 7.28. The maximum atomic E-state index is 13.6. The van der Waals surface area contributed by atoms with Crippen LogP contribution in [0.15, 0.2) is 85.1 Å². The number of piperidine rings is 1. The number of hydrogen-bond acceptors (Lipinski definition) is 8. The van der Waals surface area contributed by atoms with Gasteiger partial charge >= 0.3 is 6.09 Å². The molecule has 3 heterocycles. The molecule has 0 atom stereocenters. The number of benzene rings is 3. The van der Waals surface area contributed by atoms with Gasteiger partial charge in [-0.25, -0.2) is 4.79 Å². The third kappa shape index (κ3) is 11.9. The van der Waals surface area contributed by atoms with Crippen molar-refractivity contribution in [2.75, 3.05) is 69.6 Å².